The van der Waals surface area contributed by atoms with Crippen molar-refractivity contribution in [2.75, 3.05) is 19.6 Å². The lowest BCUT2D eigenvalue weighted by molar-refractivity contribution is 0.182. The first kappa shape index (κ1) is 14.3. The summed E-state index contributed by atoms with van der Waals surface area (Å²) in [6.45, 7) is 10.9. The molecule has 2 fully saturated rings. The zero-order valence-electron chi connectivity index (χ0n) is 12.6. The summed E-state index contributed by atoms with van der Waals surface area (Å²) >= 11 is 0. The predicted molar refractivity (Wildman–Crippen MR) is 78.9 cm³/mol. The molecule has 0 aromatic rings. The van der Waals surface area contributed by atoms with Gasteiger partial charge in [-0.3, -0.25) is 4.90 Å². The van der Waals surface area contributed by atoms with Crippen molar-refractivity contribution < 1.29 is 0 Å². The number of hydrogen-bond donors (Lipinski definition) is 1. The van der Waals surface area contributed by atoms with E-state index in [9.17, 15) is 0 Å². The highest BCUT2D eigenvalue weighted by Crippen LogP contribution is 2.37. The lowest BCUT2D eigenvalue weighted by Crippen LogP contribution is -2.44. The highest BCUT2D eigenvalue weighted by Gasteiger charge is 2.39. The molecule has 3 unspecified atom stereocenters. The third-order valence-electron chi connectivity index (χ3n) is 5.09. The molecule has 3 atom stereocenters. The first-order valence-corrected chi connectivity index (χ1v) is 8.19. The van der Waals surface area contributed by atoms with E-state index in [1.165, 1.54) is 58.2 Å². The molecule has 2 heteroatoms. The van der Waals surface area contributed by atoms with Crippen LogP contribution in [0.3, 0.4) is 0 Å². The second-order valence-electron chi connectivity index (χ2n) is 6.67. The van der Waals surface area contributed by atoms with Crippen LogP contribution in [0.4, 0.5) is 0 Å². The minimum atomic E-state index is 0.698. The van der Waals surface area contributed by atoms with Crippen LogP contribution in [0.15, 0.2) is 0 Å². The SMILES string of the molecule is CCCCCN(CC1NCC2CCCC21)C(C)C. The van der Waals surface area contributed by atoms with Crippen LogP contribution in [0.25, 0.3) is 0 Å². The number of fused-ring (bicyclic) bond motifs is 1. The van der Waals surface area contributed by atoms with Crippen LogP contribution >= 0.6 is 0 Å². The van der Waals surface area contributed by atoms with Crippen molar-refractivity contribution >= 4 is 0 Å². The van der Waals surface area contributed by atoms with Gasteiger partial charge in [0.25, 0.3) is 0 Å². The summed E-state index contributed by atoms with van der Waals surface area (Å²) in [7, 11) is 0. The molecule has 18 heavy (non-hydrogen) atoms. The minimum Gasteiger partial charge on any atom is -0.312 e. The van der Waals surface area contributed by atoms with E-state index in [1.807, 2.05) is 0 Å². The Morgan fingerprint density at radius 3 is 2.78 bits per heavy atom. The molecule has 1 N–H and O–H groups in total. The molecule has 1 aliphatic carbocycles. The first-order chi connectivity index (χ1) is 8.72. The summed E-state index contributed by atoms with van der Waals surface area (Å²) in [5.41, 5.74) is 0. The van der Waals surface area contributed by atoms with E-state index in [0.29, 0.717) is 6.04 Å². The van der Waals surface area contributed by atoms with Crippen LogP contribution < -0.4 is 5.32 Å². The molecule has 0 amide bonds. The molecule has 0 radical (unpaired) electrons. The zero-order valence-corrected chi connectivity index (χ0v) is 12.6. The molecule has 0 aromatic heterocycles. The van der Waals surface area contributed by atoms with Crippen molar-refractivity contribution in [3.63, 3.8) is 0 Å². The van der Waals surface area contributed by atoms with E-state index >= 15 is 0 Å². The zero-order chi connectivity index (χ0) is 13.0. The fraction of sp³-hybridized carbons (Fsp3) is 1.00. The lowest BCUT2D eigenvalue weighted by Gasteiger charge is -2.31. The Morgan fingerprint density at radius 2 is 2.06 bits per heavy atom. The molecule has 2 nitrogen and oxygen atoms in total. The maximum Gasteiger partial charge on any atom is 0.0226 e. The van der Waals surface area contributed by atoms with Crippen molar-refractivity contribution in [2.24, 2.45) is 11.8 Å². The molecule has 1 heterocycles. The Morgan fingerprint density at radius 1 is 1.22 bits per heavy atom. The van der Waals surface area contributed by atoms with Gasteiger partial charge >= 0.3 is 0 Å². The van der Waals surface area contributed by atoms with Crippen molar-refractivity contribution in [1.29, 1.82) is 0 Å². The normalized spacial score (nSPS) is 31.5. The Kier molecular flexibility index (Phi) is 5.50. The van der Waals surface area contributed by atoms with Gasteiger partial charge in [0.2, 0.25) is 0 Å². The van der Waals surface area contributed by atoms with E-state index in [4.69, 9.17) is 0 Å². The van der Waals surface area contributed by atoms with E-state index in [0.717, 1.165) is 17.9 Å². The monoisotopic (exact) mass is 252 g/mol. The van der Waals surface area contributed by atoms with E-state index in [-0.39, 0.29) is 0 Å². The third-order valence-corrected chi connectivity index (χ3v) is 5.09. The van der Waals surface area contributed by atoms with E-state index < -0.39 is 0 Å². The molecule has 0 bridgehead atoms. The Labute approximate surface area is 114 Å². The number of unbranched alkanes of at least 4 members (excludes halogenated alkanes) is 2. The maximum atomic E-state index is 3.79. The quantitative estimate of drug-likeness (QED) is 0.700. The van der Waals surface area contributed by atoms with Crippen LogP contribution in [-0.2, 0) is 0 Å². The fourth-order valence-electron chi connectivity index (χ4n) is 3.88. The highest BCUT2D eigenvalue weighted by atomic mass is 15.2. The van der Waals surface area contributed by atoms with Gasteiger partial charge in [-0.1, -0.05) is 26.2 Å². The van der Waals surface area contributed by atoms with Crippen LogP contribution in [0.2, 0.25) is 0 Å². The van der Waals surface area contributed by atoms with Gasteiger partial charge < -0.3 is 5.32 Å². The average molecular weight is 252 g/mol. The molecule has 1 aliphatic heterocycles. The maximum absolute atomic E-state index is 3.79. The summed E-state index contributed by atoms with van der Waals surface area (Å²) in [5.74, 6) is 1.98. The Bertz CT molecular complexity index is 239. The highest BCUT2D eigenvalue weighted by molar-refractivity contribution is 4.95. The smallest absolute Gasteiger partial charge is 0.0226 e. The number of nitrogens with zero attached hydrogens (tertiary/aromatic N) is 1. The minimum absolute atomic E-state index is 0.698. The molecule has 2 rings (SSSR count). The third kappa shape index (κ3) is 3.48. The topological polar surface area (TPSA) is 15.3 Å². The average Bonchev–Trinajstić information content (AvgIpc) is 2.92. The fourth-order valence-corrected chi connectivity index (χ4v) is 3.88. The number of rotatable bonds is 7. The predicted octanol–water partition coefficient (Wildman–Crippen LogP) is 3.28. The molecule has 106 valence electrons. The van der Waals surface area contributed by atoms with Crippen LogP contribution in [-0.4, -0.2) is 36.6 Å². The first-order valence-electron chi connectivity index (χ1n) is 8.19. The van der Waals surface area contributed by atoms with Crippen molar-refractivity contribution in [1.82, 2.24) is 10.2 Å². The summed E-state index contributed by atoms with van der Waals surface area (Å²) in [6.07, 6.45) is 8.51. The molecule has 1 saturated carbocycles. The molecule has 1 saturated heterocycles. The standard InChI is InChI=1S/C16H32N2/c1-4-5-6-10-18(13(2)3)12-16-15-9-7-8-14(15)11-17-16/h13-17H,4-12H2,1-3H3. The van der Waals surface area contributed by atoms with Gasteiger partial charge in [0, 0.05) is 18.6 Å². The molecule has 0 spiro atoms. The van der Waals surface area contributed by atoms with Gasteiger partial charge in [0.1, 0.15) is 0 Å². The van der Waals surface area contributed by atoms with Gasteiger partial charge in [0.05, 0.1) is 0 Å². The summed E-state index contributed by atoms with van der Waals surface area (Å²) in [4.78, 5) is 2.70. The van der Waals surface area contributed by atoms with Crippen molar-refractivity contribution in [3.05, 3.63) is 0 Å². The van der Waals surface area contributed by atoms with Gasteiger partial charge in [-0.2, -0.15) is 0 Å². The van der Waals surface area contributed by atoms with Crippen LogP contribution in [0, 0.1) is 11.8 Å². The van der Waals surface area contributed by atoms with E-state index in [2.05, 4.69) is 31.0 Å². The number of hydrogen-bond acceptors (Lipinski definition) is 2. The molecule has 0 aromatic carbocycles. The van der Waals surface area contributed by atoms with Crippen LogP contribution in [0.1, 0.15) is 59.3 Å². The summed E-state index contributed by atoms with van der Waals surface area (Å²) in [5, 5.41) is 3.79. The Balaban J connectivity index is 1.80. The number of nitrogens with one attached hydrogen (secondary N) is 1. The molecular weight excluding hydrogens is 220 g/mol. The largest absolute Gasteiger partial charge is 0.312 e. The summed E-state index contributed by atoms with van der Waals surface area (Å²) in [6, 6.07) is 1.48. The van der Waals surface area contributed by atoms with Crippen molar-refractivity contribution in [3.8, 4) is 0 Å². The lowest BCUT2D eigenvalue weighted by atomic mass is 9.93. The second-order valence-corrected chi connectivity index (χ2v) is 6.67. The summed E-state index contributed by atoms with van der Waals surface area (Å²) < 4.78 is 0. The van der Waals surface area contributed by atoms with Gasteiger partial charge in [-0.15, -0.1) is 0 Å². The second kappa shape index (κ2) is 6.91. The van der Waals surface area contributed by atoms with Gasteiger partial charge in [-0.25, -0.2) is 0 Å². The van der Waals surface area contributed by atoms with Gasteiger partial charge in [-0.05, 0) is 58.0 Å². The van der Waals surface area contributed by atoms with Crippen LogP contribution in [0.5, 0.6) is 0 Å². The Hall–Kier alpha value is -0.0800. The molecular formula is C16H32N2. The van der Waals surface area contributed by atoms with Gasteiger partial charge in [0.15, 0.2) is 0 Å². The van der Waals surface area contributed by atoms with Crippen molar-refractivity contribution in [2.45, 2.75) is 71.4 Å². The molecule has 2 aliphatic rings. The van der Waals surface area contributed by atoms with E-state index in [1.54, 1.807) is 0 Å².